The molecule has 2 aromatic rings. The predicted octanol–water partition coefficient (Wildman–Crippen LogP) is 3.03. The van der Waals surface area contributed by atoms with E-state index in [-0.39, 0.29) is 9.92 Å². The van der Waals surface area contributed by atoms with Crippen LogP contribution < -0.4 is 5.32 Å². The highest BCUT2D eigenvalue weighted by atomic mass is 35.5. The first-order chi connectivity index (χ1) is 11.1. The van der Waals surface area contributed by atoms with Crippen LogP contribution in [0.25, 0.3) is 0 Å². The van der Waals surface area contributed by atoms with Gasteiger partial charge >= 0.3 is 0 Å². The molecule has 0 saturated carbocycles. The average molecular weight is 373 g/mol. The Hall–Kier alpha value is -1.12. The maximum Gasteiger partial charge on any atom is 0.244 e. The monoisotopic (exact) mass is 372 g/mol. The number of anilines is 1. The molecule has 23 heavy (non-hydrogen) atoms. The average Bonchev–Trinajstić information content (AvgIpc) is 3.08. The summed E-state index contributed by atoms with van der Waals surface area (Å²) in [5, 5.41) is 5.48. The van der Waals surface area contributed by atoms with Crippen molar-refractivity contribution in [3.63, 3.8) is 0 Å². The Morgan fingerprint density at radius 1 is 1.26 bits per heavy atom. The van der Waals surface area contributed by atoms with Crippen LogP contribution in [-0.4, -0.2) is 39.0 Å². The number of hydrogen-bond acceptors (Lipinski definition) is 5. The second-order valence-electron chi connectivity index (χ2n) is 5.09. The van der Waals surface area contributed by atoms with Gasteiger partial charge in [0, 0.05) is 30.2 Å². The van der Waals surface area contributed by atoms with Crippen LogP contribution >= 0.6 is 22.9 Å². The zero-order chi connectivity index (χ0) is 16.3. The van der Waals surface area contributed by atoms with Crippen LogP contribution in [0.3, 0.4) is 0 Å². The highest BCUT2D eigenvalue weighted by Crippen LogP contribution is 2.28. The van der Waals surface area contributed by atoms with E-state index in [4.69, 9.17) is 16.3 Å². The van der Waals surface area contributed by atoms with Crippen molar-refractivity contribution < 1.29 is 13.2 Å². The first-order valence-electron chi connectivity index (χ1n) is 7.21. The van der Waals surface area contributed by atoms with E-state index < -0.39 is 10.0 Å². The van der Waals surface area contributed by atoms with Gasteiger partial charge in [0.2, 0.25) is 10.0 Å². The minimum atomic E-state index is -3.60. The van der Waals surface area contributed by atoms with E-state index in [1.807, 2.05) is 17.5 Å². The number of benzene rings is 1. The fourth-order valence-electron chi connectivity index (χ4n) is 2.34. The smallest absolute Gasteiger partial charge is 0.244 e. The molecule has 1 N–H and O–H groups in total. The lowest BCUT2D eigenvalue weighted by molar-refractivity contribution is 0.0730. The first kappa shape index (κ1) is 16.7. The highest BCUT2D eigenvalue weighted by Gasteiger charge is 2.28. The van der Waals surface area contributed by atoms with Crippen LogP contribution in [0.5, 0.6) is 0 Å². The maximum atomic E-state index is 12.8. The number of morpholine rings is 1. The molecule has 1 fully saturated rings. The fourth-order valence-corrected chi connectivity index (χ4v) is 4.89. The van der Waals surface area contributed by atoms with Gasteiger partial charge in [-0.25, -0.2) is 8.42 Å². The molecule has 0 aliphatic carbocycles. The van der Waals surface area contributed by atoms with E-state index in [1.165, 1.54) is 9.18 Å². The van der Waals surface area contributed by atoms with Gasteiger partial charge in [0.05, 0.1) is 18.2 Å². The second kappa shape index (κ2) is 7.19. The summed E-state index contributed by atoms with van der Waals surface area (Å²) in [7, 11) is -3.60. The summed E-state index contributed by atoms with van der Waals surface area (Å²) in [5.41, 5.74) is 0.731. The molecule has 0 amide bonds. The summed E-state index contributed by atoms with van der Waals surface area (Å²) in [5.74, 6) is 0. The Balaban J connectivity index is 1.82. The molecular weight excluding hydrogens is 356 g/mol. The molecule has 1 aromatic heterocycles. The van der Waals surface area contributed by atoms with Crippen LogP contribution in [0, 0.1) is 0 Å². The predicted molar refractivity (Wildman–Crippen MR) is 92.7 cm³/mol. The Kier molecular flexibility index (Phi) is 5.23. The van der Waals surface area contributed by atoms with Crippen molar-refractivity contribution in [3.8, 4) is 0 Å². The first-order valence-corrected chi connectivity index (χ1v) is 9.91. The van der Waals surface area contributed by atoms with Gasteiger partial charge in [-0.05, 0) is 29.6 Å². The Morgan fingerprint density at radius 3 is 2.74 bits per heavy atom. The van der Waals surface area contributed by atoms with Crippen molar-refractivity contribution in [3.05, 3.63) is 45.6 Å². The molecule has 1 saturated heterocycles. The Labute approximate surface area is 144 Å². The molecule has 0 radical (unpaired) electrons. The number of halogens is 1. The molecule has 0 bridgehead atoms. The molecule has 1 aliphatic rings. The molecule has 124 valence electrons. The van der Waals surface area contributed by atoms with Gasteiger partial charge in [0.25, 0.3) is 0 Å². The number of thiophene rings is 1. The van der Waals surface area contributed by atoms with Crippen LogP contribution in [0.2, 0.25) is 5.02 Å². The van der Waals surface area contributed by atoms with E-state index in [9.17, 15) is 8.42 Å². The van der Waals surface area contributed by atoms with Crippen LogP contribution in [0.15, 0.2) is 40.6 Å². The minimum absolute atomic E-state index is 0.136. The van der Waals surface area contributed by atoms with Gasteiger partial charge in [-0.15, -0.1) is 11.3 Å². The number of nitrogens with one attached hydrogen (secondary N) is 1. The molecule has 0 spiro atoms. The molecule has 3 rings (SSSR count). The van der Waals surface area contributed by atoms with Crippen molar-refractivity contribution in [2.24, 2.45) is 0 Å². The largest absolute Gasteiger partial charge is 0.380 e. The molecule has 1 aromatic carbocycles. The fraction of sp³-hybridized carbons (Fsp3) is 0.333. The summed E-state index contributed by atoms with van der Waals surface area (Å²) < 4.78 is 32.1. The topological polar surface area (TPSA) is 58.6 Å². The van der Waals surface area contributed by atoms with Crippen molar-refractivity contribution in [1.82, 2.24) is 4.31 Å². The van der Waals surface area contributed by atoms with Gasteiger partial charge in [0.15, 0.2) is 0 Å². The van der Waals surface area contributed by atoms with E-state index in [2.05, 4.69) is 5.32 Å². The quantitative estimate of drug-likeness (QED) is 0.876. The second-order valence-corrected chi connectivity index (χ2v) is 8.44. The van der Waals surface area contributed by atoms with Crippen molar-refractivity contribution in [2.75, 3.05) is 31.6 Å². The summed E-state index contributed by atoms with van der Waals surface area (Å²) >= 11 is 7.79. The Bertz CT molecular complexity index is 757. The minimum Gasteiger partial charge on any atom is -0.380 e. The van der Waals surface area contributed by atoms with Gasteiger partial charge in [-0.2, -0.15) is 4.31 Å². The number of hydrogen-bond donors (Lipinski definition) is 1. The van der Waals surface area contributed by atoms with Gasteiger partial charge in [-0.1, -0.05) is 17.7 Å². The molecule has 5 nitrogen and oxygen atoms in total. The molecule has 0 atom stereocenters. The highest BCUT2D eigenvalue weighted by molar-refractivity contribution is 7.89. The third-order valence-electron chi connectivity index (χ3n) is 3.57. The molecular formula is C15H17ClN2O3S2. The van der Waals surface area contributed by atoms with E-state index in [0.29, 0.717) is 32.8 Å². The van der Waals surface area contributed by atoms with E-state index in [1.54, 1.807) is 29.5 Å². The van der Waals surface area contributed by atoms with Crippen molar-refractivity contribution >= 4 is 38.6 Å². The van der Waals surface area contributed by atoms with Crippen LogP contribution in [0.1, 0.15) is 4.88 Å². The number of sulfonamides is 1. The number of ether oxygens (including phenoxy) is 1. The van der Waals surface area contributed by atoms with Crippen molar-refractivity contribution in [2.45, 2.75) is 11.4 Å². The van der Waals surface area contributed by atoms with Gasteiger partial charge in [-0.3, -0.25) is 0 Å². The molecule has 8 heteroatoms. The molecule has 0 unspecified atom stereocenters. The SMILES string of the molecule is O=S(=O)(c1cc(NCc2cccs2)ccc1Cl)N1CCOCC1. The van der Waals surface area contributed by atoms with E-state index >= 15 is 0 Å². The Morgan fingerprint density at radius 2 is 2.04 bits per heavy atom. The summed E-state index contributed by atoms with van der Waals surface area (Å²) in [4.78, 5) is 1.31. The normalized spacial score (nSPS) is 16.4. The molecule has 2 heterocycles. The van der Waals surface area contributed by atoms with Crippen LogP contribution in [-0.2, 0) is 21.3 Å². The third-order valence-corrected chi connectivity index (χ3v) is 6.82. The number of rotatable bonds is 5. The van der Waals surface area contributed by atoms with Gasteiger partial charge < -0.3 is 10.1 Å². The summed E-state index contributed by atoms with van der Waals surface area (Å²) in [6.45, 7) is 2.17. The van der Waals surface area contributed by atoms with Crippen LogP contribution in [0.4, 0.5) is 5.69 Å². The zero-order valence-corrected chi connectivity index (χ0v) is 14.8. The molecule has 1 aliphatic heterocycles. The lowest BCUT2D eigenvalue weighted by Gasteiger charge is -2.26. The van der Waals surface area contributed by atoms with Crippen molar-refractivity contribution in [1.29, 1.82) is 0 Å². The maximum absolute atomic E-state index is 12.8. The summed E-state index contributed by atoms with van der Waals surface area (Å²) in [6.07, 6.45) is 0. The third kappa shape index (κ3) is 3.87. The van der Waals surface area contributed by atoms with Gasteiger partial charge in [0.1, 0.15) is 4.90 Å². The number of nitrogens with zero attached hydrogens (tertiary/aromatic N) is 1. The summed E-state index contributed by atoms with van der Waals surface area (Å²) in [6, 6.07) is 9.01. The lowest BCUT2D eigenvalue weighted by Crippen LogP contribution is -2.40. The standard InChI is InChI=1S/C15H17ClN2O3S2/c16-14-4-3-12(17-11-13-2-1-9-22-13)10-15(14)23(19,20)18-5-7-21-8-6-18/h1-4,9-10,17H,5-8,11H2. The lowest BCUT2D eigenvalue weighted by atomic mass is 10.3. The van der Waals surface area contributed by atoms with E-state index in [0.717, 1.165) is 5.69 Å². The zero-order valence-electron chi connectivity index (χ0n) is 12.4.